The zero-order valence-electron chi connectivity index (χ0n) is 16.8. The Hall–Kier alpha value is -3.47. The first kappa shape index (κ1) is 20.8. The topological polar surface area (TPSA) is 126 Å². The van der Waals surface area contributed by atoms with Gasteiger partial charge in [0.1, 0.15) is 19.3 Å². The van der Waals surface area contributed by atoms with Gasteiger partial charge in [-0.05, 0) is 43.3 Å². The lowest BCUT2D eigenvalue weighted by atomic mass is 10.2. The van der Waals surface area contributed by atoms with Crippen LogP contribution in [0, 0.1) is 0 Å². The Balaban J connectivity index is 1.41. The van der Waals surface area contributed by atoms with Crippen LogP contribution in [0.15, 0.2) is 47.4 Å². The normalized spacial score (nSPS) is 16.4. The van der Waals surface area contributed by atoms with Crippen LogP contribution < -0.4 is 24.8 Å². The van der Waals surface area contributed by atoms with Gasteiger partial charge in [-0.3, -0.25) is 14.4 Å². The first-order chi connectivity index (χ1) is 14.8. The lowest BCUT2D eigenvalue weighted by Gasteiger charge is -2.20. The minimum Gasteiger partial charge on any atom is -0.486 e. The van der Waals surface area contributed by atoms with E-state index in [1.807, 2.05) is 0 Å². The van der Waals surface area contributed by atoms with Crippen molar-refractivity contribution in [1.29, 1.82) is 0 Å². The van der Waals surface area contributed by atoms with Crippen LogP contribution >= 0.6 is 0 Å². The van der Waals surface area contributed by atoms with Gasteiger partial charge in [0.25, 0.3) is 15.9 Å². The fraction of sp³-hybridized carbons (Fsp3) is 0.300. The molecule has 0 radical (unpaired) electrons. The second kappa shape index (κ2) is 8.34. The van der Waals surface area contributed by atoms with Gasteiger partial charge in [0.15, 0.2) is 11.5 Å². The number of urea groups is 1. The molecule has 2 aromatic rings. The number of imide groups is 1. The van der Waals surface area contributed by atoms with Crippen LogP contribution in [0.5, 0.6) is 11.5 Å². The van der Waals surface area contributed by atoms with Crippen LogP contribution in [-0.4, -0.2) is 57.6 Å². The van der Waals surface area contributed by atoms with E-state index in [1.54, 1.807) is 37.3 Å². The summed E-state index contributed by atoms with van der Waals surface area (Å²) in [6.45, 7) is 3.22. The number of nitrogens with zero attached hydrogens (tertiary/aromatic N) is 1. The molecular formula is C20H22N4O6S. The summed E-state index contributed by atoms with van der Waals surface area (Å²) in [5.74, 6) is 0.563. The molecule has 2 aliphatic heterocycles. The van der Waals surface area contributed by atoms with Crippen molar-refractivity contribution < 1.29 is 27.5 Å². The fourth-order valence-corrected chi connectivity index (χ4v) is 4.34. The third kappa shape index (κ3) is 4.50. The number of anilines is 2. The quantitative estimate of drug-likeness (QED) is 0.615. The van der Waals surface area contributed by atoms with Crippen LogP contribution in [0.25, 0.3) is 0 Å². The Labute approximate surface area is 179 Å². The third-order valence-corrected chi connectivity index (χ3v) is 6.22. The molecule has 0 aromatic heterocycles. The molecule has 1 unspecified atom stereocenters. The van der Waals surface area contributed by atoms with Crippen LogP contribution in [-0.2, 0) is 14.8 Å². The number of amides is 3. The summed E-state index contributed by atoms with van der Waals surface area (Å²) in [7, 11) is -3.82. The van der Waals surface area contributed by atoms with Crippen molar-refractivity contribution in [2.24, 2.45) is 0 Å². The van der Waals surface area contributed by atoms with E-state index in [9.17, 15) is 18.0 Å². The molecule has 0 bridgehead atoms. The smallest absolute Gasteiger partial charge is 0.324 e. The molecule has 11 heteroatoms. The first-order valence-electron chi connectivity index (χ1n) is 9.72. The number of hydrogen-bond acceptors (Lipinski definition) is 7. The molecule has 3 N–H and O–H groups in total. The van der Waals surface area contributed by atoms with E-state index in [4.69, 9.17) is 9.47 Å². The maximum atomic E-state index is 12.7. The summed E-state index contributed by atoms with van der Waals surface area (Å²) in [4.78, 5) is 25.2. The van der Waals surface area contributed by atoms with Crippen molar-refractivity contribution in [3.63, 3.8) is 0 Å². The summed E-state index contributed by atoms with van der Waals surface area (Å²) in [5.41, 5.74) is 0.973. The maximum Gasteiger partial charge on any atom is 0.324 e. The molecule has 2 aliphatic rings. The van der Waals surface area contributed by atoms with Crippen molar-refractivity contribution in [3.05, 3.63) is 42.5 Å². The van der Waals surface area contributed by atoms with Gasteiger partial charge >= 0.3 is 6.03 Å². The van der Waals surface area contributed by atoms with Gasteiger partial charge < -0.3 is 20.1 Å². The van der Waals surface area contributed by atoms with Crippen LogP contribution in [0.1, 0.15) is 6.92 Å². The van der Waals surface area contributed by atoms with Gasteiger partial charge in [-0.25, -0.2) is 13.2 Å². The SMILES string of the molecule is CC(Nc1ccc(NS(=O)(=O)c2ccc3c(c2)OCCO3)cc1)C(=O)N1CCNC1=O. The van der Waals surface area contributed by atoms with Crippen LogP contribution in [0.3, 0.4) is 0 Å². The molecule has 10 nitrogen and oxygen atoms in total. The lowest BCUT2D eigenvalue weighted by molar-refractivity contribution is -0.128. The van der Waals surface area contributed by atoms with Crippen molar-refractivity contribution in [2.75, 3.05) is 36.3 Å². The number of sulfonamides is 1. The van der Waals surface area contributed by atoms with Crippen molar-refractivity contribution in [3.8, 4) is 11.5 Å². The van der Waals surface area contributed by atoms with E-state index in [2.05, 4.69) is 15.4 Å². The number of ether oxygens (including phenoxy) is 2. The van der Waals surface area contributed by atoms with Gasteiger partial charge in [0.05, 0.1) is 4.90 Å². The molecule has 4 rings (SSSR count). The molecule has 0 spiro atoms. The largest absolute Gasteiger partial charge is 0.486 e. The van der Waals surface area contributed by atoms with Crippen molar-refractivity contribution >= 4 is 33.3 Å². The minimum absolute atomic E-state index is 0.0575. The molecule has 0 saturated carbocycles. The molecule has 1 atom stereocenters. The Kier molecular flexibility index (Phi) is 5.59. The Morgan fingerprint density at radius 3 is 2.42 bits per heavy atom. The number of fused-ring (bicyclic) bond motifs is 1. The van der Waals surface area contributed by atoms with E-state index in [-0.39, 0.29) is 10.8 Å². The average Bonchev–Trinajstić information content (AvgIpc) is 3.19. The molecular weight excluding hydrogens is 424 g/mol. The summed E-state index contributed by atoms with van der Waals surface area (Å²) in [6, 6.07) is 9.88. The number of rotatable bonds is 6. The van der Waals surface area contributed by atoms with Gasteiger partial charge in [0, 0.05) is 30.5 Å². The molecule has 3 amide bonds. The number of carbonyl (C=O) groups is 2. The lowest BCUT2D eigenvalue weighted by Crippen LogP contribution is -2.43. The van der Waals surface area contributed by atoms with E-state index in [1.165, 1.54) is 12.1 Å². The third-order valence-electron chi connectivity index (χ3n) is 4.84. The highest BCUT2D eigenvalue weighted by atomic mass is 32.2. The van der Waals surface area contributed by atoms with Gasteiger partial charge in [-0.1, -0.05) is 0 Å². The Bertz CT molecular complexity index is 1100. The summed E-state index contributed by atoms with van der Waals surface area (Å²) >= 11 is 0. The average molecular weight is 446 g/mol. The van der Waals surface area contributed by atoms with Crippen LogP contribution in [0.4, 0.5) is 16.2 Å². The van der Waals surface area contributed by atoms with E-state index >= 15 is 0 Å². The molecule has 2 heterocycles. The summed E-state index contributed by atoms with van der Waals surface area (Å²) in [6.07, 6.45) is 0. The highest BCUT2D eigenvalue weighted by Gasteiger charge is 2.29. The highest BCUT2D eigenvalue weighted by molar-refractivity contribution is 7.92. The zero-order chi connectivity index (χ0) is 22.0. The molecule has 1 fully saturated rings. The van der Waals surface area contributed by atoms with Gasteiger partial charge in [-0.15, -0.1) is 0 Å². The number of hydrogen-bond donors (Lipinski definition) is 3. The molecule has 2 aromatic carbocycles. The fourth-order valence-electron chi connectivity index (χ4n) is 3.27. The Morgan fingerprint density at radius 1 is 1.06 bits per heavy atom. The molecule has 1 saturated heterocycles. The first-order valence-corrected chi connectivity index (χ1v) is 11.2. The minimum atomic E-state index is -3.82. The maximum absolute atomic E-state index is 12.7. The summed E-state index contributed by atoms with van der Waals surface area (Å²) in [5, 5.41) is 5.60. The van der Waals surface area contributed by atoms with E-state index in [0.29, 0.717) is 49.2 Å². The number of carbonyl (C=O) groups excluding carboxylic acids is 2. The molecule has 164 valence electrons. The second-order valence-electron chi connectivity index (χ2n) is 7.08. The monoisotopic (exact) mass is 446 g/mol. The van der Waals surface area contributed by atoms with Gasteiger partial charge in [-0.2, -0.15) is 0 Å². The molecule has 31 heavy (non-hydrogen) atoms. The number of nitrogens with one attached hydrogen (secondary N) is 3. The van der Waals surface area contributed by atoms with E-state index < -0.39 is 22.1 Å². The number of benzene rings is 2. The van der Waals surface area contributed by atoms with E-state index in [0.717, 1.165) is 4.90 Å². The molecule has 0 aliphatic carbocycles. The second-order valence-corrected chi connectivity index (χ2v) is 8.76. The standard InChI is InChI=1S/C20H22N4O6S/c1-13(19(25)24-9-8-21-20(24)26)22-14-2-4-15(5-3-14)23-31(27,28)16-6-7-17-18(12-16)30-11-10-29-17/h2-7,12-13,22-23H,8-11H2,1H3,(H,21,26). The zero-order valence-corrected chi connectivity index (χ0v) is 17.6. The van der Waals surface area contributed by atoms with Crippen molar-refractivity contribution in [1.82, 2.24) is 10.2 Å². The summed E-state index contributed by atoms with van der Waals surface area (Å²) < 4.78 is 38.8. The highest BCUT2D eigenvalue weighted by Crippen LogP contribution is 2.32. The van der Waals surface area contributed by atoms with Gasteiger partial charge in [0.2, 0.25) is 0 Å². The Morgan fingerprint density at radius 2 is 1.74 bits per heavy atom. The van der Waals surface area contributed by atoms with Crippen LogP contribution in [0.2, 0.25) is 0 Å². The predicted octanol–water partition coefficient (Wildman–Crippen LogP) is 1.61. The van der Waals surface area contributed by atoms with Crippen molar-refractivity contribution in [2.45, 2.75) is 17.9 Å². The predicted molar refractivity (Wildman–Crippen MR) is 113 cm³/mol.